The van der Waals surface area contributed by atoms with Gasteiger partial charge >= 0.3 is 0 Å². The van der Waals surface area contributed by atoms with E-state index >= 15 is 0 Å². The lowest BCUT2D eigenvalue weighted by Crippen LogP contribution is -1.77. The van der Waals surface area contributed by atoms with E-state index < -0.39 is 0 Å². The lowest BCUT2D eigenvalue weighted by Gasteiger charge is -1.98. The summed E-state index contributed by atoms with van der Waals surface area (Å²) < 4.78 is 0. The van der Waals surface area contributed by atoms with Crippen molar-refractivity contribution < 1.29 is 0 Å². The van der Waals surface area contributed by atoms with Gasteiger partial charge in [-0.3, -0.25) is 0 Å². The Kier molecular flexibility index (Phi) is 2.53. The van der Waals surface area contributed by atoms with Gasteiger partial charge in [-0.25, -0.2) is 0 Å². The molecule has 0 fully saturated rings. The van der Waals surface area contributed by atoms with Gasteiger partial charge in [0.2, 0.25) is 0 Å². The fourth-order valence-electron chi connectivity index (χ4n) is 0.956. The summed E-state index contributed by atoms with van der Waals surface area (Å²) in [5.74, 6) is 0. The van der Waals surface area contributed by atoms with Crippen molar-refractivity contribution in [1.82, 2.24) is 0 Å². The second kappa shape index (κ2) is 3.64. The molecule has 0 amide bonds. The number of rotatable bonds is 2. The number of azide groups is 1. The molecule has 1 aromatic rings. The Hall–Kier alpha value is -1.47. The maximum absolute atomic E-state index is 8.20. The smallest absolute Gasteiger partial charge is 0.0407 e. The standard InChI is InChI=1S/C8H9N3/c1-2-7-5-3-4-6-8(7)10-11-9/h3-6H,2H2,1H3. The Morgan fingerprint density at radius 1 is 1.45 bits per heavy atom. The molecule has 0 unspecified atom stereocenters. The highest BCUT2D eigenvalue weighted by atomic mass is 15.1. The van der Waals surface area contributed by atoms with Crippen molar-refractivity contribution >= 4 is 5.69 Å². The fraction of sp³-hybridized carbons (Fsp3) is 0.250. The van der Waals surface area contributed by atoms with Crippen LogP contribution in [0.5, 0.6) is 0 Å². The topological polar surface area (TPSA) is 48.8 Å². The Morgan fingerprint density at radius 2 is 2.18 bits per heavy atom. The largest absolute Gasteiger partial charge is 0.0620 e. The Balaban J connectivity index is 3.11. The second-order valence-corrected chi connectivity index (χ2v) is 2.17. The first-order valence-corrected chi connectivity index (χ1v) is 3.51. The molecule has 0 N–H and O–H groups in total. The van der Waals surface area contributed by atoms with Crippen LogP contribution in [0.25, 0.3) is 10.4 Å². The van der Waals surface area contributed by atoms with Crippen molar-refractivity contribution in [3.8, 4) is 0 Å². The minimum Gasteiger partial charge on any atom is -0.0620 e. The molecule has 0 radical (unpaired) electrons. The molecule has 56 valence electrons. The van der Waals surface area contributed by atoms with Gasteiger partial charge < -0.3 is 0 Å². The van der Waals surface area contributed by atoms with Crippen LogP contribution >= 0.6 is 0 Å². The average Bonchev–Trinajstić information content (AvgIpc) is 2.06. The van der Waals surface area contributed by atoms with E-state index in [1.54, 1.807) is 0 Å². The number of benzene rings is 1. The van der Waals surface area contributed by atoms with Crippen LogP contribution in [0, 0.1) is 0 Å². The van der Waals surface area contributed by atoms with Crippen molar-refractivity contribution in [3.05, 3.63) is 40.3 Å². The molecule has 0 bridgehead atoms. The van der Waals surface area contributed by atoms with E-state index in [4.69, 9.17) is 5.53 Å². The lowest BCUT2D eigenvalue weighted by atomic mass is 10.1. The summed E-state index contributed by atoms with van der Waals surface area (Å²) in [4.78, 5) is 2.74. The van der Waals surface area contributed by atoms with Gasteiger partial charge in [0.05, 0.1) is 0 Å². The highest BCUT2D eigenvalue weighted by molar-refractivity contribution is 5.45. The van der Waals surface area contributed by atoms with Crippen molar-refractivity contribution in [2.45, 2.75) is 13.3 Å². The molecular formula is C8H9N3. The van der Waals surface area contributed by atoms with Crippen LogP contribution in [0.15, 0.2) is 29.4 Å². The van der Waals surface area contributed by atoms with E-state index in [0.29, 0.717) is 0 Å². The van der Waals surface area contributed by atoms with Crippen LogP contribution in [-0.2, 0) is 6.42 Å². The number of nitrogens with zero attached hydrogens (tertiary/aromatic N) is 3. The fourth-order valence-corrected chi connectivity index (χ4v) is 0.956. The van der Waals surface area contributed by atoms with Crippen LogP contribution in [0.1, 0.15) is 12.5 Å². The summed E-state index contributed by atoms with van der Waals surface area (Å²) >= 11 is 0. The van der Waals surface area contributed by atoms with E-state index in [2.05, 4.69) is 10.0 Å². The number of hydrogen-bond donors (Lipinski definition) is 0. The van der Waals surface area contributed by atoms with Gasteiger partial charge in [0.25, 0.3) is 0 Å². The summed E-state index contributed by atoms with van der Waals surface area (Å²) in [7, 11) is 0. The third-order valence-corrected chi connectivity index (χ3v) is 1.52. The first-order chi connectivity index (χ1) is 5.38. The molecule has 0 saturated heterocycles. The van der Waals surface area contributed by atoms with Gasteiger partial charge in [-0.2, -0.15) is 0 Å². The van der Waals surface area contributed by atoms with Gasteiger partial charge in [0.1, 0.15) is 0 Å². The summed E-state index contributed by atoms with van der Waals surface area (Å²) in [5.41, 5.74) is 10.0. The molecule has 1 rings (SSSR count). The Labute approximate surface area is 65.3 Å². The van der Waals surface area contributed by atoms with E-state index in [0.717, 1.165) is 17.7 Å². The van der Waals surface area contributed by atoms with Crippen molar-refractivity contribution in [3.63, 3.8) is 0 Å². The molecule has 1 aromatic carbocycles. The van der Waals surface area contributed by atoms with E-state index in [9.17, 15) is 0 Å². The molecule has 11 heavy (non-hydrogen) atoms. The van der Waals surface area contributed by atoms with Gasteiger partial charge in [-0.1, -0.05) is 36.3 Å². The highest BCUT2D eigenvalue weighted by Gasteiger charge is 1.93. The monoisotopic (exact) mass is 147 g/mol. The molecule has 0 aliphatic rings. The van der Waals surface area contributed by atoms with E-state index in [1.165, 1.54) is 0 Å². The summed E-state index contributed by atoms with van der Waals surface area (Å²) in [6, 6.07) is 7.58. The zero-order valence-corrected chi connectivity index (χ0v) is 6.36. The number of aryl methyl sites for hydroxylation is 1. The van der Waals surface area contributed by atoms with E-state index in [-0.39, 0.29) is 0 Å². The van der Waals surface area contributed by atoms with Gasteiger partial charge in [0.15, 0.2) is 0 Å². The molecule has 3 nitrogen and oxygen atoms in total. The second-order valence-electron chi connectivity index (χ2n) is 2.17. The summed E-state index contributed by atoms with van der Waals surface area (Å²) in [5, 5.41) is 3.56. The van der Waals surface area contributed by atoms with Gasteiger partial charge in [-0.15, -0.1) is 0 Å². The minimum absolute atomic E-state index is 0.734. The van der Waals surface area contributed by atoms with Crippen LogP contribution in [0.3, 0.4) is 0 Å². The zero-order valence-electron chi connectivity index (χ0n) is 6.36. The Bertz CT molecular complexity index is 287. The maximum atomic E-state index is 8.20. The SMILES string of the molecule is CCc1ccccc1N=[N+]=[N-]. The maximum Gasteiger partial charge on any atom is 0.0407 e. The molecule has 0 aromatic heterocycles. The molecule has 0 atom stereocenters. The molecule has 0 heterocycles. The summed E-state index contributed by atoms with van der Waals surface area (Å²) in [6.07, 6.45) is 0.898. The third-order valence-electron chi connectivity index (χ3n) is 1.52. The molecule has 0 saturated carbocycles. The van der Waals surface area contributed by atoms with Crippen LogP contribution in [0.4, 0.5) is 5.69 Å². The summed E-state index contributed by atoms with van der Waals surface area (Å²) in [6.45, 7) is 2.03. The van der Waals surface area contributed by atoms with Crippen molar-refractivity contribution in [1.29, 1.82) is 0 Å². The van der Waals surface area contributed by atoms with Crippen LogP contribution in [-0.4, -0.2) is 0 Å². The highest BCUT2D eigenvalue weighted by Crippen LogP contribution is 2.18. The molecule has 0 aliphatic heterocycles. The minimum atomic E-state index is 0.734. The van der Waals surface area contributed by atoms with Crippen LogP contribution < -0.4 is 0 Å². The molecule has 3 heteroatoms. The third kappa shape index (κ3) is 1.72. The van der Waals surface area contributed by atoms with Crippen molar-refractivity contribution in [2.75, 3.05) is 0 Å². The predicted octanol–water partition coefficient (Wildman–Crippen LogP) is 3.19. The normalized spacial score (nSPS) is 8.82. The average molecular weight is 147 g/mol. The van der Waals surface area contributed by atoms with E-state index in [1.807, 2.05) is 31.2 Å². The van der Waals surface area contributed by atoms with Crippen molar-refractivity contribution in [2.24, 2.45) is 5.11 Å². The van der Waals surface area contributed by atoms with Gasteiger partial charge in [-0.05, 0) is 17.5 Å². The number of hydrogen-bond acceptors (Lipinski definition) is 1. The first-order valence-electron chi connectivity index (χ1n) is 3.51. The lowest BCUT2D eigenvalue weighted by molar-refractivity contribution is 1.13. The molecular weight excluding hydrogens is 138 g/mol. The predicted molar refractivity (Wildman–Crippen MR) is 44.6 cm³/mol. The van der Waals surface area contributed by atoms with Gasteiger partial charge in [0, 0.05) is 10.6 Å². The molecule has 0 spiro atoms. The Morgan fingerprint density at radius 3 is 2.82 bits per heavy atom. The quantitative estimate of drug-likeness (QED) is 0.350. The molecule has 0 aliphatic carbocycles. The zero-order chi connectivity index (χ0) is 8.10. The first kappa shape index (κ1) is 7.63. The van der Waals surface area contributed by atoms with Crippen LogP contribution in [0.2, 0.25) is 0 Å².